The molecule has 2 aromatic rings. The Hall–Kier alpha value is -1.65. The summed E-state index contributed by atoms with van der Waals surface area (Å²) in [5.74, 6) is 0.273. The first-order valence-corrected chi connectivity index (χ1v) is 9.34. The average Bonchev–Trinajstić information content (AvgIpc) is 2.37. The van der Waals surface area contributed by atoms with Gasteiger partial charge in [-0.05, 0) is 24.3 Å². The summed E-state index contributed by atoms with van der Waals surface area (Å²) >= 11 is 0. The van der Waals surface area contributed by atoms with Crippen LogP contribution in [0, 0.1) is 0 Å². The molecule has 10 heteroatoms. The lowest BCUT2D eigenvalue weighted by molar-refractivity contribution is -0.0517. The lowest BCUT2D eigenvalue weighted by Crippen LogP contribution is -2.21. The molecule has 0 aliphatic rings. The number of phenolic OH excluding ortho intramolecular Hbond substituents is 2. The van der Waals surface area contributed by atoms with Crippen LogP contribution in [0.15, 0.2) is 35.2 Å². The summed E-state index contributed by atoms with van der Waals surface area (Å²) in [6, 6.07) is 8.88. The van der Waals surface area contributed by atoms with Crippen LogP contribution in [0.5, 0.6) is 11.5 Å². The third kappa shape index (κ3) is 4.66. The maximum Gasteiger partial charge on any atom is 0.485 e. The van der Waals surface area contributed by atoms with E-state index < -0.39 is 15.6 Å². The van der Waals surface area contributed by atoms with E-state index in [0.29, 0.717) is 5.39 Å². The Kier molecular flexibility index (Phi) is 5.78. The first kappa shape index (κ1) is 19.4. The molecule has 0 unspecified atom stereocenters. The van der Waals surface area contributed by atoms with E-state index in [2.05, 4.69) is 12.5 Å². The van der Waals surface area contributed by atoms with E-state index >= 15 is 0 Å². The Morgan fingerprint density at radius 3 is 1.96 bits per heavy atom. The van der Waals surface area contributed by atoms with Crippen LogP contribution in [0.3, 0.4) is 0 Å². The van der Waals surface area contributed by atoms with E-state index in [0.717, 1.165) is 5.39 Å². The van der Waals surface area contributed by atoms with Crippen molar-refractivity contribution >= 4 is 31.8 Å². The second-order valence-electron chi connectivity index (χ2n) is 4.50. The number of phenols is 2. The lowest BCUT2D eigenvalue weighted by atomic mass is 10.1. The zero-order chi connectivity index (χ0) is 18.0. The highest BCUT2D eigenvalue weighted by Gasteiger charge is 2.36. The molecule has 0 bridgehead atoms. The van der Waals surface area contributed by atoms with Gasteiger partial charge in [0.05, 0.1) is 5.39 Å². The average molecular weight is 370 g/mol. The van der Waals surface area contributed by atoms with Gasteiger partial charge in [-0.25, -0.2) is 8.42 Å². The zero-order valence-electron chi connectivity index (χ0n) is 12.0. The molecule has 0 radical (unpaired) electrons. The number of halogens is 3. The van der Waals surface area contributed by atoms with Crippen LogP contribution in [0.1, 0.15) is 0 Å². The normalized spacial score (nSPS) is 12.1. The number of hydrogen-bond donors (Lipinski definition) is 2. The van der Waals surface area contributed by atoms with Crippen molar-refractivity contribution in [2.24, 2.45) is 0 Å². The van der Waals surface area contributed by atoms with Crippen LogP contribution >= 0.6 is 0 Å². The summed E-state index contributed by atoms with van der Waals surface area (Å²) in [5, 5.41) is 20.9. The van der Waals surface area contributed by atoms with Crippen molar-refractivity contribution in [2.45, 2.75) is 10.4 Å². The Balaban J connectivity index is 0.000000284. The number of hydrogen-bond acceptors (Lipinski definition) is 5. The SMILES string of the molecule is C[S+](C)c1ccc(O)c2c(O)cccc12.O=S(=O)([O-])C(F)(F)F. The molecule has 0 aliphatic carbocycles. The Bertz CT molecular complexity index is 793. The molecule has 0 fully saturated rings. The van der Waals surface area contributed by atoms with E-state index in [1.165, 1.54) is 4.90 Å². The Labute approximate surface area is 133 Å². The maximum absolute atomic E-state index is 10.7. The van der Waals surface area contributed by atoms with Gasteiger partial charge in [0.25, 0.3) is 0 Å². The van der Waals surface area contributed by atoms with E-state index in [1.54, 1.807) is 18.2 Å². The fourth-order valence-corrected chi connectivity index (χ4v) is 2.65. The Morgan fingerprint density at radius 1 is 1.04 bits per heavy atom. The lowest BCUT2D eigenvalue weighted by Gasteiger charge is -2.08. The van der Waals surface area contributed by atoms with E-state index in [-0.39, 0.29) is 22.4 Å². The quantitative estimate of drug-likeness (QED) is 0.457. The summed E-state index contributed by atoms with van der Waals surface area (Å²) in [5.41, 5.74) is -5.65. The van der Waals surface area contributed by atoms with Gasteiger partial charge < -0.3 is 14.8 Å². The van der Waals surface area contributed by atoms with Crippen LogP contribution in [0.4, 0.5) is 13.2 Å². The van der Waals surface area contributed by atoms with Gasteiger partial charge in [-0.1, -0.05) is 6.07 Å². The maximum atomic E-state index is 10.7. The van der Waals surface area contributed by atoms with Crippen molar-refractivity contribution in [3.8, 4) is 11.5 Å². The highest BCUT2D eigenvalue weighted by molar-refractivity contribution is 7.95. The van der Waals surface area contributed by atoms with E-state index in [1.807, 2.05) is 12.1 Å². The van der Waals surface area contributed by atoms with Crippen LogP contribution in [0.25, 0.3) is 10.8 Å². The van der Waals surface area contributed by atoms with E-state index in [9.17, 15) is 23.4 Å². The Morgan fingerprint density at radius 2 is 1.52 bits per heavy atom. The van der Waals surface area contributed by atoms with Gasteiger partial charge in [-0.2, -0.15) is 13.2 Å². The largest absolute Gasteiger partial charge is 0.741 e. The third-order valence-electron chi connectivity index (χ3n) is 2.68. The summed E-state index contributed by atoms with van der Waals surface area (Å²) in [6.45, 7) is 0. The van der Waals surface area contributed by atoms with Crippen LogP contribution in [0.2, 0.25) is 0 Å². The molecule has 23 heavy (non-hydrogen) atoms. The van der Waals surface area contributed by atoms with Crippen molar-refractivity contribution < 1.29 is 36.4 Å². The summed E-state index contributed by atoms with van der Waals surface area (Å²) in [4.78, 5) is 1.17. The number of rotatable bonds is 1. The molecule has 0 atom stereocenters. The monoisotopic (exact) mass is 370 g/mol. The summed E-state index contributed by atoms with van der Waals surface area (Å²) < 4.78 is 58.9. The van der Waals surface area contributed by atoms with Crippen molar-refractivity contribution in [1.82, 2.24) is 0 Å². The van der Waals surface area contributed by atoms with E-state index in [4.69, 9.17) is 13.0 Å². The van der Waals surface area contributed by atoms with Gasteiger partial charge in [0.15, 0.2) is 15.0 Å². The van der Waals surface area contributed by atoms with Gasteiger partial charge >= 0.3 is 5.51 Å². The molecule has 0 saturated heterocycles. The fourth-order valence-electron chi connectivity index (χ4n) is 1.70. The van der Waals surface area contributed by atoms with Crippen molar-refractivity contribution in [2.75, 3.05) is 12.5 Å². The van der Waals surface area contributed by atoms with Crippen LogP contribution in [-0.2, 0) is 21.0 Å². The molecule has 2 aromatic carbocycles. The van der Waals surface area contributed by atoms with Crippen molar-refractivity contribution in [3.05, 3.63) is 30.3 Å². The second-order valence-corrected chi connectivity index (χ2v) is 7.94. The molecular weight excluding hydrogens is 357 g/mol. The van der Waals surface area contributed by atoms with Gasteiger partial charge in [-0.15, -0.1) is 0 Å². The standard InChI is InChI=1S/C12H12O2S.CHF3O3S/c1-15(2)11-7-6-10(14)12-8(11)4-3-5-9(12)13;2-1(3,4)8(5,6)7/h3-7H,1-2H3,(H-,13,14);(H,5,6,7). The summed E-state index contributed by atoms with van der Waals surface area (Å²) in [6.07, 6.45) is 4.24. The molecule has 0 spiro atoms. The predicted octanol–water partition coefficient (Wildman–Crippen LogP) is 2.54. The molecule has 5 nitrogen and oxygen atoms in total. The minimum atomic E-state index is -6.09. The molecule has 2 N–H and O–H groups in total. The number of aromatic hydroxyl groups is 2. The summed E-state index contributed by atoms with van der Waals surface area (Å²) in [7, 11) is -5.98. The number of fused-ring (bicyclic) bond motifs is 1. The predicted molar refractivity (Wildman–Crippen MR) is 80.5 cm³/mol. The topological polar surface area (TPSA) is 97.7 Å². The molecule has 0 saturated carbocycles. The molecule has 0 amide bonds. The third-order valence-corrected chi connectivity index (χ3v) is 4.48. The molecule has 2 rings (SSSR count). The first-order chi connectivity index (χ1) is 10.4. The fraction of sp³-hybridized carbons (Fsp3) is 0.231. The van der Waals surface area contributed by atoms with Crippen LogP contribution in [-0.4, -0.2) is 41.2 Å². The first-order valence-electron chi connectivity index (χ1n) is 5.89. The van der Waals surface area contributed by atoms with Crippen LogP contribution < -0.4 is 0 Å². The molecule has 0 heterocycles. The van der Waals surface area contributed by atoms with Gasteiger partial charge in [-0.3, -0.25) is 0 Å². The number of alkyl halides is 3. The molecular formula is C13H13F3O5S2. The second kappa shape index (κ2) is 6.85. The zero-order valence-corrected chi connectivity index (χ0v) is 13.6. The highest BCUT2D eigenvalue weighted by atomic mass is 32.2. The highest BCUT2D eigenvalue weighted by Crippen LogP contribution is 2.36. The minimum Gasteiger partial charge on any atom is -0.741 e. The molecule has 0 aromatic heterocycles. The van der Waals surface area contributed by atoms with Crippen molar-refractivity contribution in [3.63, 3.8) is 0 Å². The van der Waals surface area contributed by atoms with Gasteiger partial charge in [0, 0.05) is 16.3 Å². The van der Waals surface area contributed by atoms with Gasteiger partial charge in [0.2, 0.25) is 0 Å². The minimum absolute atomic E-state index is 0.108. The van der Waals surface area contributed by atoms with Gasteiger partial charge in [0.1, 0.15) is 24.0 Å². The molecule has 128 valence electrons. The molecule has 0 aliphatic heterocycles. The smallest absolute Gasteiger partial charge is 0.485 e. The van der Waals surface area contributed by atoms with Crippen molar-refractivity contribution in [1.29, 1.82) is 0 Å². The number of benzene rings is 2.